The summed E-state index contributed by atoms with van der Waals surface area (Å²) in [6.07, 6.45) is 4.37. The molecule has 0 amide bonds. The summed E-state index contributed by atoms with van der Waals surface area (Å²) < 4.78 is 11.2. The molecule has 2 aromatic rings. The normalized spacial score (nSPS) is 18.1. The van der Waals surface area contributed by atoms with Gasteiger partial charge in [-0.05, 0) is 36.6 Å². The zero-order chi connectivity index (χ0) is 15.2. The molecule has 1 N–H and O–H groups in total. The maximum absolute atomic E-state index is 6.20. The van der Waals surface area contributed by atoms with Gasteiger partial charge in [0.2, 0.25) is 0 Å². The number of benzene rings is 1. The van der Waals surface area contributed by atoms with E-state index in [1.54, 1.807) is 6.20 Å². The fraction of sp³-hybridized carbons (Fsp3) is 0.471. The summed E-state index contributed by atoms with van der Waals surface area (Å²) in [4.78, 5) is 4.44. The van der Waals surface area contributed by atoms with Crippen LogP contribution >= 0.6 is 11.6 Å². The molecule has 0 saturated carbocycles. The highest BCUT2D eigenvalue weighted by atomic mass is 35.5. The van der Waals surface area contributed by atoms with E-state index in [0.29, 0.717) is 19.3 Å². The SMILES string of the molecule is Clc1ccc(CNCCOCC2CCCO2)c2ncccc12. The minimum Gasteiger partial charge on any atom is -0.377 e. The molecule has 1 aromatic carbocycles. The molecule has 118 valence electrons. The number of ether oxygens (including phenoxy) is 2. The molecule has 0 aliphatic carbocycles. The molecule has 0 radical (unpaired) electrons. The van der Waals surface area contributed by atoms with Gasteiger partial charge in [-0.25, -0.2) is 0 Å². The van der Waals surface area contributed by atoms with E-state index in [0.717, 1.165) is 54.0 Å². The molecule has 5 heteroatoms. The van der Waals surface area contributed by atoms with Crippen molar-refractivity contribution in [2.75, 3.05) is 26.4 Å². The van der Waals surface area contributed by atoms with Crippen molar-refractivity contribution in [2.45, 2.75) is 25.5 Å². The van der Waals surface area contributed by atoms with Gasteiger partial charge >= 0.3 is 0 Å². The van der Waals surface area contributed by atoms with Gasteiger partial charge in [0.15, 0.2) is 0 Å². The van der Waals surface area contributed by atoms with Crippen LogP contribution in [0.2, 0.25) is 5.02 Å². The molecular formula is C17H21ClN2O2. The van der Waals surface area contributed by atoms with Crippen molar-refractivity contribution >= 4 is 22.5 Å². The Morgan fingerprint density at radius 3 is 3.18 bits per heavy atom. The molecule has 1 aliphatic rings. The first-order chi connectivity index (χ1) is 10.8. The van der Waals surface area contributed by atoms with Crippen molar-refractivity contribution in [1.82, 2.24) is 10.3 Å². The van der Waals surface area contributed by atoms with E-state index in [2.05, 4.69) is 10.3 Å². The lowest BCUT2D eigenvalue weighted by molar-refractivity contribution is 0.0183. The van der Waals surface area contributed by atoms with E-state index in [1.165, 1.54) is 0 Å². The first kappa shape index (κ1) is 15.7. The first-order valence-corrected chi connectivity index (χ1v) is 8.14. The minimum atomic E-state index is 0.296. The van der Waals surface area contributed by atoms with E-state index in [1.807, 2.05) is 24.3 Å². The van der Waals surface area contributed by atoms with Crippen molar-refractivity contribution in [3.8, 4) is 0 Å². The van der Waals surface area contributed by atoms with Crippen LogP contribution in [0.15, 0.2) is 30.5 Å². The maximum atomic E-state index is 6.20. The molecule has 1 saturated heterocycles. The first-order valence-electron chi connectivity index (χ1n) is 7.77. The molecule has 22 heavy (non-hydrogen) atoms. The highest BCUT2D eigenvalue weighted by molar-refractivity contribution is 6.35. The standard InChI is InChI=1S/C17H21ClN2O2/c18-16-6-5-13(17-15(16)4-1-7-20-17)11-19-8-10-21-12-14-3-2-9-22-14/h1,4-7,14,19H,2-3,8-12H2. The lowest BCUT2D eigenvalue weighted by Gasteiger charge is -2.11. The quantitative estimate of drug-likeness (QED) is 0.796. The molecule has 1 aromatic heterocycles. The van der Waals surface area contributed by atoms with Crippen molar-refractivity contribution in [2.24, 2.45) is 0 Å². The number of pyridine rings is 1. The lowest BCUT2D eigenvalue weighted by atomic mass is 10.1. The molecule has 2 heterocycles. The summed E-state index contributed by atoms with van der Waals surface area (Å²) >= 11 is 6.20. The fourth-order valence-electron chi connectivity index (χ4n) is 2.70. The van der Waals surface area contributed by atoms with Crippen LogP contribution < -0.4 is 5.32 Å². The molecule has 1 fully saturated rings. The number of aromatic nitrogens is 1. The van der Waals surface area contributed by atoms with Gasteiger partial charge < -0.3 is 14.8 Å². The number of nitrogens with one attached hydrogen (secondary N) is 1. The summed E-state index contributed by atoms with van der Waals surface area (Å²) in [6.45, 7) is 3.84. The predicted molar refractivity (Wildman–Crippen MR) is 88.3 cm³/mol. The Bertz CT molecular complexity index is 615. The molecule has 3 rings (SSSR count). The zero-order valence-electron chi connectivity index (χ0n) is 12.6. The summed E-state index contributed by atoms with van der Waals surface area (Å²) in [5.74, 6) is 0. The minimum absolute atomic E-state index is 0.296. The van der Waals surface area contributed by atoms with Crippen LogP contribution in [-0.4, -0.2) is 37.5 Å². The maximum Gasteiger partial charge on any atom is 0.0809 e. The Hall–Kier alpha value is -1.20. The van der Waals surface area contributed by atoms with Crippen molar-refractivity contribution < 1.29 is 9.47 Å². The topological polar surface area (TPSA) is 43.4 Å². The Morgan fingerprint density at radius 1 is 1.36 bits per heavy atom. The average Bonchev–Trinajstić information content (AvgIpc) is 3.06. The number of halogens is 1. The van der Waals surface area contributed by atoms with E-state index in [9.17, 15) is 0 Å². The van der Waals surface area contributed by atoms with Crippen LogP contribution in [0.25, 0.3) is 10.9 Å². The number of rotatable bonds is 7. The second-order valence-corrected chi connectivity index (χ2v) is 5.90. The van der Waals surface area contributed by atoms with Gasteiger partial charge in [0, 0.05) is 36.3 Å². The Kier molecular flexibility index (Phi) is 5.62. The third kappa shape index (κ3) is 3.96. The molecule has 1 unspecified atom stereocenters. The van der Waals surface area contributed by atoms with Gasteiger partial charge in [0.25, 0.3) is 0 Å². The molecule has 0 spiro atoms. The van der Waals surface area contributed by atoms with Gasteiger partial charge in [0.05, 0.1) is 24.8 Å². The smallest absolute Gasteiger partial charge is 0.0809 e. The summed E-state index contributed by atoms with van der Waals surface area (Å²) in [7, 11) is 0. The van der Waals surface area contributed by atoms with Crippen molar-refractivity contribution in [3.05, 3.63) is 41.0 Å². The van der Waals surface area contributed by atoms with Crippen LogP contribution in [0.5, 0.6) is 0 Å². The number of nitrogens with zero attached hydrogens (tertiary/aromatic N) is 1. The average molecular weight is 321 g/mol. The van der Waals surface area contributed by atoms with E-state index < -0.39 is 0 Å². The lowest BCUT2D eigenvalue weighted by Crippen LogP contribution is -2.22. The largest absolute Gasteiger partial charge is 0.377 e. The van der Waals surface area contributed by atoms with Gasteiger partial charge in [-0.15, -0.1) is 0 Å². The van der Waals surface area contributed by atoms with Crippen molar-refractivity contribution in [3.63, 3.8) is 0 Å². The van der Waals surface area contributed by atoms with Gasteiger partial charge in [-0.3, -0.25) is 4.98 Å². The van der Waals surface area contributed by atoms with E-state index >= 15 is 0 Å². The molecule has 0 bridgehead atoms. The van der Waals surface area contributed by atoms with Gasteiger partial charge in [-0.2, -0.15) is 0 Å². The third-order valence-electron chi connectivity index (χ3n) is 3.87. The Labute approximate surface area is 135 Å². The van der Waals surface area contributed by atoms with Gasteiger partial charge in [-0.1, -0.05) is 17.7 Å². The molecule has 1 aliphatic heterocycles. The van der Waals surface area contributed by atoms with Crippen molar-refractivity contribution in [1.29, 1.82) is 0 Å². The highest BCUT2D eigenvalue weighted by Gasteiger charge is 2.14. The predicted octanol–water partition coefficient (Wildman–Crippen LogP) is 3.17. The second-order valence-electron chi connectivity index (χ2n) is 5.49. The van der Waals surface area contributed by atoms with Crippen LogP contribution in [0.1, 0.15) is 18.4 Å². The molecular weight excluding hydrogens is 300 g/mol. The zero-order valence-corrected chi connectivity index (χ0v) is 13.3. The van der Waals surface area contributed by atoms with Crippen LogP contribution in [0, 0.1) is 0 Å². The van der Waals surface area contributed by atoms with Gasteiger partial charge in [0.1, 0.15) is 0 Å². The molecule has 4 nitrogen and oxygen atoms in total. The van der Waals surface area contributed by atoms with Crippen LogP contribution in [0.3, 0.4) is 0 Å². The summed E-state index contributed by atoms with van der Waals surface area (Å²) in [5, 5.41) is 5.13. The summed E-state index contributed by atoms with van der Waals surface area (Å²) in [6, 6.07) is 7.86. The highest BCUT2D eigenvalue weighted by Crippen LogP contribution is 2.24. The fourth-order valence-corrected chi connectivity index (χ4v) is 2.91. The second kappa shape index (κ2) is 7.88. The molecule has 1 atom stereocenters. The Balaban J connectivity index is 1.44. The van der Waals surface area contributed by atoms with E-state index in [-0.39, 0.29) is 0 Å². The van der Waals surface area contributed by atoms with Crippen LogP contribution in [-0.2, 0) is 16.0 Å². The van der Waals surface area contributed by atoms with Crippen LogP contribution in [0.4, 0.5) is 0 Å². The monoisotopic (exact) mass is 320 g/mol. The third-order valence-corrected chi connectivity index (χ3v) is 4.20. The number of hydrogen-bond donors (Lipinski definition) is 1. The number of fused-ring (bicyclic) bond motifs is 1. The summed E-state index contributed by atoms with van der Waals surface area (Å²) in [5.41, 5.74) is 2.11. The van der Waals surface area contributed by atoms with E-state index in [4.69, 9.17) is 21.1 Å². The Morgan fingerprint density at radius 2 is 2.32 bits per heavy atom. The number of hydrogen-bond acceptors (Lipinski definition) is 4.